The highest BCUT2D eigenvalue weighted by Gasteiger charge is 2.30. The lowest BCUT2D eigenvalue weighted by molar-refractivity contribution is -0.401. The fraction of sp³-hybridized carbons (Fsp3) is 0. The average Bonchev–Trinajstić information content (AvgIpc) is 2.60. The Balaban J connectivity index is 2.48. The number of hydrogen-bond donors (Lipinski definition) is 2. The molecule has 0 saturated carbocycles. The van der Waals surface area contributed by atoms with E-state index >= 15 is 0 Å². The highest BCUT2D eigenvalue weighted by molar-refractivity contribution is 5.90. The molecule has 0 radical (unpaired) electrons. The Kier molecular flexibility index (Phi) is 5.41. The molecule has 0 aromatic heterocycles. The molecule has 0 atom stereocenters. The Morgan fingerprint density at radius 2 is 1.44 bits per heavy atom. The van der Waals surface area contributed by atoms with Crippen molar-refractivity contribution < 1.29 is 19.6 Å². The van der Waals surface area contributed by atoms with E-state index in [1.54, 1.807) is 0 Å². The molecule has 0 aliphatic rings. The predicted molar refractivity (Wildman–Crippen MR) is 94.4 cm³/mol. The SMILES string of the molecule is NC(=O)/C=C\c1ccc(Nc2c([N+](=O)[O-])cc([N+](=O)[O-])cc2[N+](=O)[O-])cc1. The van der Waals surface area contributed by atoms with E-state index in [-0.39, 0.29) is 5.69 Å². The van der Waals surface area contributed by atoms with Gasteiger partial charge in [0.1, 0.15) is 0 Å². The number of nitro benzene ring substituents is 3. The Morgan fingerprint density at radius 3 is 1.85 bits per heavy atom. The number of hydrogen-bond acceptors (Lipinski definition) is 8. The molecule has 0 aliphatic carbocycles. The lowest BCUT2D eigenvalue weighted by Crippen LogP contribution is -2.05. The van der Waals surface area contributed by atoms with Crippen LogP contribution in [0.25, 0.3) is 6.08 Å². The molecule has 0 spiro atoms. The highest BCUT2D eigenvalue weighted by Crippen LogP contribution is 2.40. The number of carbonyl (C=O) groups is 1. The van der Waals surface area contributed by atoms with Gasteiger partial charge in [-0.15, -0.1) is 0 Å². The molecule has 12 heteroatoms. The summed E-state index contributed by atoms with van der Waals surface area (Å²) in [5.74, 6) is -0.644. The Morgan fingerprint density at radius 1 is 0.926 bits per heavy atom. The molecule has 0 unspecified atom stereocenters. The fourth-order valence-electron chi connectivity index (χ4n) is 2.12. The molecule has 1 amide bonds. The Bertz CT molecular complexity index is 934. The standard InChI is InChI=1S/C15H11N5O7/c16-14(21)6-3-9-1-4-10(5-2-9)17-15-12(19(24)25)7-11(18(22)23)8-13(15)20(26)27/h1-8,17H,(H2,16,21)/b6-3-. The van der Waals surface area contributed by atoms with Gasteiger partial charge in [-0.25, -0.2) is 0 Å². The maximum absolute atomic E-state index is 11.2. The van der Waals surface area contributed by atoms with Crippen LogP contribution in [0.15, 0.2) is 42.5 Å². The summed E-state index contributed by atoms with van der Waals surface area (Å²) < 4.78 is 0. The minimum atomic E-state index is -0.955. The van der Waals surface area contributed by atoms with Crippen LogP contribution in [0.5, 0.6) is 0 Å². The number of primary amides is 1. The normalized spacial score (nSPS) is 10.5. The summed E-state index contributed by atoms with van der Waals surface area (Å²) in [6, 6.07) is 7.25. The Labute approximate surface area is 150 Å². The van der Waals surface area contributed by atoms with Gasteiger partial charge in [0.25, 0.3) is 5.69 Å². The highest BCUT2D eigenvalue weighted by atomic mass is 16.6. The van der Waals surface area contributed by atoms with Crippen molar-refractivity contribution in [2.75, 3.05) is 5.32 Å². The summed E-state index contributed by atoms with van der Waals surface area (Å²) in [5, 5.41) is 35.9. The zero-order valence-electron chi connectivity index (χ0n) is 13.4. The lowest BCUT2D eigenvalue weighted by Gasteiger charge is -2.08. The van der Waals surface area contributed by atoms with Crippen LogP contribution >= 0.6 is 0 Å². The van der Waals surface area contributed by atoms with E-state index in [4.69, 9.17) is 5.73 Å². The van der Waals surface area contributed by atoms with Crippen LogP contribution in [0.2, 0.25) is 0 Å². The van der Waals surface area contributed by atoms with Gasteiger partial charge >= 0.3 is 11.4 Å². The number of benzene rings is 2. The van der Waals surface area contributed by atoms with Gasteiger partial charge in [-0.05, 0) is 23.8 Å². The third-order valence-electron chi connectivity index (χ3n) is 3.31. The van der Waals surface area contributed by atoms with Crippen molar-refractivity contribution in [3.8, 4) is 0 Å². The molecule has 3 N–H and O–H groups in total. The van der Waals surface area contributed by atoms with Crippen molar-refractivity contribution >= 4 is 40.4 Å². The first kappa shape index (κ1) is 19.0. The molecule has 2 rings (SSSR count). The van der Waals surface area contributed by atoms with Crippen molar-refractivity contribution in [3.05, 3.63) is 78.4 Å². The van der Waals surface area contributed by atoms with Crippen molar-refractivity contribution in [2.45, 2.75) is 0 Å². The molecule has 12 nitrogen and oxygen atoms in total. The molecule has 0 aliphatic heterocycles. The third kappa shape index (κ3) is 4.60. The molecule has 0 fully saturated rings. The first-order valence-corrected chi connectivity index (χ1v) is 7.15. The molecular weight excluding hydrogens is 362 g/mol. The van der Waals surface area contributed by atoms with E-state index in [0.717, 1.165) is 6.08 Å². The minimum Gasteiger partial charge on any atom is -0.366 e. The number of carbonyl (C=O) groups excluding carboxylic acids is 1. The van der Waals surface area contributed by atoms with Gasteiger partial charge in [0.2, 0.25) is 5.91 Å². The number of non-ortho nitro benzene ring substituents is 1. The van der Waals surface area contributed by atoms with Crippen molar-refractivity contribution in [3.63, 3.8) is 0 Å². The molecule has 0 bridgehead atoms. The largest absolute Gasteiger partial charge is 0.366 e. The second-order valence-corrected chi connectivity index (χ2v) is 5.11. The zero-order chi connectivity index (χ0) is 20.1. The van der Waals surface area contributed by atoms with Crippen LogP contribution in [0.3, 0.4) is 0 Å². The summed E-state index contributed by atoms with van der Waals surface area (Å²) in [4.78, 5) is 41.2. The van der Waals surface area contributed by atoms with Crippen LogP contribution in [0.4, 0.5) is 28.4 Å². The summed E-state index contributed by atoms with van der Waals surface area (Å²) in [6.07, 6.45) is 2.57. The number of nitro groups is 3. The minimum absolute atomic E-state index is 0.256. The van der Waals surface area contributed by atoms with Gasteiger partial charge in [0, 0.05) is 11.8 Å². The summed E-state index contributed by atoms with van der Waals surface area (Å²) >= 11 is 0. The quantitative estimate of drug-likeness (QED) is 0.421. The van der Waals surface area contributed by atoms with Crippen molar-refractivity contribution in [2.24, 2.45) is 5.73 Å². The molecule has 2 aromatic rings. The molecule has 2 aromatic carbocycles. The fourth-order valence-corrected chi connectivity index (χ4v) is 2.12. The Hall–Kier alpha value is -4.35. The van der Waals surface area contributed by atoms with E-state index in [0.29, 0.717) is 17.7 Å². The number of nitrogens with zero attached hydrogens (tertiary/aromatic N) is 3. The van der Waals surface area contributed by atoms with Crippen molar-refractivity contribution in [1.29, 1.82) is 0 Å². The van der Waals surface area contributed by atoms with E-state index in [9.17, 15) is 35.1 Å². The third-order valence-corrected chi connectivity index (χ3v) is 3.31. The van der Waals surface area contributed by atoms with Crippen molar-refractivity contribution in [1.82, 2.24) is 0 Å². The topological polar surface area (TPSA) is 185 Å². The number of nitrogens with one attached hydrogen (secondary N) is 1. The van der Waals surface area contributed by atoms with Crippen LogP contribution in [-0.2, 0) is 4.79 Å². The lowest BCUT2D eigenvalue weighted by atomic mass is 10.1. The number of anilines is 2. The van der Waals surface area contributed by atoms with E-state index in [1.807, 2.05) is 0 Å². The monoisotopic (exact) mass is 373 g/mol. The van der Waals surface area contributed by atoms with Crippen LogP contribution in [0, 0.1) is 30.3 Å². The van der Waals surface area contributed by atoms with Gasteiger partial charge in [-0.2, -0.15) is 0 Å². The van der Waals surface area contributed by atoms with Gasteiger partial charge in [-0.1, -0.05) is 12.1 Å². The molecule has 138 valence electrons. The van der Waals surface area contributed by atoms with Crippen LogP contribution in [-0.4, -0.2) is 20.7 Å². The maximum Gasteiger partial charge on any atom is 0.306 e. The zero-order valence-corrected chi connectivity index (χ0v) is 13.4. The van der Waals surface area contributed by atoms with E-state index in [1.165, 1.54) is 30.3 Å². The first-order valence-electron chi connectivity index (χ1n) is 7.15. The first-order chi connectivity index (χ1) is 12.7. The number of amides is 1. The average molecular weight is 373 g/mol. The summed E-state index contributed by atoms with van der Waals surface area (Å²) in [7, 11) is 0. The van der Waals surface area contributed by atoms with E-state index < -0.39 is 43.4 Å². The van der Waals surface area contributed by atoms with Gasteiger partial charge < -0.3 is 11.1 Å². The second-order valence-electron chi connectivity index (χ2n) is 5.11. The van der Waals surface area contributed by atoms with Gasteiger partial charge in [-0.3, -0.25) is 35.1 Å². The number of nitrogens with two attached hydrogens (primary N) is 1. The van der Waals surface area contributed by atoms with E-state index in [2.05, 4.69) is 5.32 Å². The van der Waals surface area contributed by atoms with Gasteiger partial charge in [0.15, 0.2) is 5.69 Å². The summed E-state index contributed by atoms with van der Waals surface area (Å²) in [5.41, 5.74) is 2.94. The molecule has 0 saturated heterocycles. The number of rotatable bonds is 7. The molecule has 27 heavy (non-hydrogen) atoms. The van der Waals surface area contributed by atoms with Crippen LogP contribution in [0.1, 0.15) is 5.56 Å². The molecular formula is C15H11N5O7. The second kappa shape index (κ2) is 7.69. The van der Waals surface area contributed by atoms with Crippen LogP contribution < -0.4 is 11.1 Å². The maximum atomic E-state index is 11.2. The summed E-state index contributed by atoms with van der Waals surface area (Å²) in [6.45, 7) is 0. The predicted octanol–water partition coefficient (Wildman–Crippen LogP) is 2.65. The smallest absolute Gasteiger partial charge is 0.306 e. The molecule has 0 heterocycles. The van der Waals surface area contributed by atoms with Gasteiger partial charge in [0.05, 0.1) is 26.9 Å².